The Morgan fingerprint density at radius 2 is 1.62 bits per heavy atom. The van der Waals surface area contributed by atoms with E-state index in [0.717, 1.165) is 17.3 Å². The summed E-state index contributed by atoms with van der Waals surface area (Å²) in [6.45, 7) is 18.5. The number of nitrogens with zero attached hydrogens (tertiary/aromatic N) is 2. The van der Waals surface area contributed by atoms with E-state index < -0.39 is 0 Å². The second kappa shape index (κ2) is 6.63. The lowest BCUT2D eigenvalue weighted by Gasteiger charge is -2.39. The van der Waals surface area contributed by atoms with Crippen molar-refractivity contribution in [1.82, 2.24) is 4.98 Å². The maximum Gasteiger partial charge on any atom is 0.526 e. The first-order valence-electron chi connectivity index (χ1n) is 11.6. The van der Waals surface area contributed by atoms with Crippen LogP contribution in [0.4, 0.5) is 11.5 Å². The monoisotopic (exact) mass is 424 g/mol. The van der Waals surface area contributed by atoms with Crippen molar-refractivity contribution in [1.29, 1.82) is 0 Å². The fraction of sp³-hybridized carbons (Fsp3) is 0.393. The molecule has 3 heterocycles. The maximum atomic E-state index is 6.71. The quantitative estimate of drug-likeness (QED) is 0.400. The molecule has 3 nitrogen and oxygen atoms in total. The zero-order valence-corrected chi connectivity index (χ0v) is 20.6. The molecule has 32 heavy (non-hydrogen) atoms. The topological polar surface area (TPSA) is 25.4 Å². The van der Waals surface area contributed by atoms with E-state index in [0.29, 0.717) is 0 Å². The van der Waals surface area contributed by atoms with Crippen molar-refractivity contribution in [2.24, 2.45) is 0 Å². The molecule has 2 aliphatic rings. The van der Waals surface area contributed by atoms with Crippen molar-refractivity contribution in [3.8, 4) is 5.75 Å². The number of hydrogen-bond donors (Lipinski definition) is 0. The van der Waals surface area contributed by atoms with Crippen molar-refractivity contribution >= 4 is 24.0 Å². The number of benzene rings is 2. The van der Waals surface area contributed by atoms with Gasteiger partial charge in [-0.1, -0.05) is 79.7 Å². The zero-order valence-electron chi connectivity index (χ0n) is 20.6. The van der Waals surface area contributed by atoms with Crippen LogP contribution in [0, 0.1) is 0 Å². The minimum absolute atomic E-state index is 0.0361. The van der Waals surface area contributed by atoms with Crippen molar-refractivity contribution in [3.63, 3.8) is 0 Å². The van der Waals surface area contributed by atoms with Crippen molar-refractivity contribution in [2.75, 3.05) is 4.81 Å². The van der Waals surface area contributed by atoms with Gasteiger partial charge in [0.2, 0.25) is 0 Å². The van der Waals surface area contributed by atoms with Gasteiger partial charge in [-0.05, 0) is 62.8 Å². The van der Waals surface area contributed by atoms with E-state index in [4.69, 9.17) is 9.64 Å². The Morgan fingerprint density at radius 1 is 0.906 bits per heavy atom. The van der Waals surface area contributed by atoms with E-state index in [9.17, 15) is 0 Å². The van der Waals surface area contributed by atoms with E-state index in [-0.39, 0.29) is 23.3 Å². The molecule has 0 radical (unpaired) electrons. The first-order valence-corrected chi connectivity index (χ1v) is 11.6. The van der Waals surface area contributed by atoms with Gasteiger partial charge in [0, 0.05) is 11.6 Å². The number of hydrogen-bond acceptors (Lipinski definition) is 3. The Bertz CT molecular complexity index is 1220. The number of para-hydroxylation sites is 2. The van der Waals surface area contributed by atoms with E-state index >= 15 is 0 Å². The van der Waals surface area contributed by atoms with Crippen molar-refractivity contribution < 1.29 is 4.65 Å². The first-order chi connectivity index (χ1) is 14.9. The second-order valence-corrected chi connectivity index (χ2v) is 11.8. The highest BCUT2D eigenvalue weighted by Gasteiger charge is 2.48. The average Bonchev–Trinajstić information content (AvgIpc) is 3.10. The number of aromatic nitrogens is 1. The molecule has 0 saturated carbocycles. The number of anilines is 2. The van der Waals surface area contributed by atoms with Crippen LogP contribution in [0.1, 0.15) is 77.6 Å². The highest BCUT2D eigenvalue weighted by molar-refractivity contribution is 6.75. The summed E-state index contributed by atoms with van der Waals surface area (Å²) in [7, 11) is -0.243. The Labute approximate surface area is 193 Å². The van der Waals surface area contributed by atoms with Crippen LogP contribution in [0.25, 0.3) is 0 Å². The molecule has 0 fully saturated rings. The summed E-state index contributed by atoms with van der Waals surface area (Å²) in [5, 5.41) is 0. The summed E-state index contributed by atoms with van der Waals surface area (Å²) in [6, 6.07) is 17.6. The summed E-state index contributed by atoms with van der Waals surface area (Å²) in [4.78, 5) is 7.06. The Kier molecular flexibility index (Phi) is 4.38. The number of rotatable bonds is 0. The third-order valence-corrected chi connectivity index (χ3v) is 7.09. The second-order valence-electron chi connectivity index (χ2n) is 11.8. The molecule has 164 valence electrons. The molecule has 2 aliphatic heterocycles. The van der Waals surface area contributed by atoms with Gasteiger partial charge in [0.1, 0.15) is 11.6 Å². The van der Waals surface area contributed by atoms with Gasteiger partial charge < -0.3 is 9.47 Å². The average molecular weight is 424 g/mol. The van der Waals surface area contributed by atoms with Gasteiger partial charge in [0.25, 0.3) is 0 Å². The van der Waals surface area contributed by atoms with Gasteiger partial charge in [-0.3, -0.25) is 0 Å². The lowest BCUT2D eigenvalue weighted by atomic mass is 9.57. The van der Waals surface area contributed by atoms with Crippen molar-refractivity contribution in [3.05, 3.63) is 77.0 Å². The summed E-state index contributed by atoms with van der Waals surface area (Å²) in [5.41, 5.74) is 7.52. The molecule has 2 aromatic carbocycles. The van der Waals surface area contributed by atoms with Crippen LogP contribution in [0.2, 0.25) is 0 Å². The third kappa shape index (κ3) is 3.07. The lowest BCUT2D eigenvalue weighted by Crippen LogP contribution is -2.54. The third-order valence-electron chi connectivity index (χ3n) is 7.09. The van der Waals surface area contributed by atoms with E-state index in [2.05, 4.69) is 103 Å². The molecule has 0 spiro atoms. The van der Waals surface area contributed by atoms with Gasteiger partial charge in [-0.15, -0.1) is 0 Å². The minimum atomic E-state index is -0.243. The smallest absolute Gasteiger partial charge is 0.526 e. The van der Waals surface area contributed by atoms with Crippen LogP contribution >= 0.6 is 0 Å². The standard InChI is InChI=1S/C28H33BN2O/c1-26(2,3)19-15-20(27(4,5)6)25-21(16-19)28(7,8)18-13-14-30-24(17-18)31-22-11-9-10-12-23(22)32-29(25)31/h9-17H,1-8H3. The van der Waals surface area contributed by atoms with E-state index in [1.165, 1.54) is 27.7 Å². The molecular formula is C28H33BN2O. The fourth-order valence-corrected chi connectivity index (χ4v) is 5.07. The molecule has 3 aromatic rings. The van der Waals surface area contributed by atoms with Crippen LogP contribution in [0.3, 0.4) is 0 Å². The first kappa shape index (κ1) is 21.1. The number of pyridine rings is 1. The van der Waals surface area contributed by atoms with Gasteiger partial charge in [0.05, 0.1) is 5.69 Å². The van der Waals surface area contributed by atoms with Crippen LogP contribution < -0.4 is 14.9 Å². The normalized spacial score (nSPS) is 16.5. The molecule has 0 atom stereocenters. The SMILES string of the molecule is CC(C)(C)c1cc(C(C)(C)C)c2c(c1)C(C)(C)c1ccnc(c1)N1B2Oc2ccccc21. The molecule has 2 bridgehead atoms. The largest absolute Gasteiger partial charge is 0.536 e. The summed E-state index contributed by atoms with van der Waals surface area (Å²) >= 11 is 0. The van der Waals surface area contributed by atoms with E-state index in [1.807, 2.05) is 12.3 Å². The zero-order chi connectivity index (χ0) is 23.1. The predicted molar refractivity (Wildman–Crippen MR) is 135 cm³/mol. The predicted octanol–water partition coefficient (Wildman–Crippen LogP) is 6.24. The highest BCUT2D eigenvalue weighted by atomic mass is 16.5. The summed E-state index contributed by atoms with van der Waals surface area (Å²) in [6.07, 6.45) is 1.94. The summed E-state index contributed by atoms with van der Waals surface area (Å²) < 4.78 is 6.71. The fourth-order valence-electron chi connectivity index (χ4n) is 5.07. The van der Waals surface area contributed by atoms with Crippen LogP contribution in [0.15, 0.2) is 54.7 Å². The molecule has 4 heteroatoms. The van der Waals surface area contributed by atoms with Crippen LogP contribution in [-0.4, -0.2) is 12.0 Å². The van der Waals surface area contributed by atoms with Gasteiger partial charge in [-0.25, -0.2) is 4.98 Å². The minimum Gasteiger partial charge on any atom is -0.536 e. The van der Waals surface area contributed by atoms with Crippen LogP contribution in [0.5, 0.6) is 5.75 Å². The molecule has 0 amide bonds. The Hall–Kier alpha value is -2.75. The lowest BCUT2D eigenvalue weighted by molar-refractivity contribution is 0.555. The molecule has 0 saturated heterocycles. The highest BCUT2D eigenvalue weighted by Crippen LogP contribution is 2.45. The maximum absolute atomic E-state index is 6.71. The molecule has 0 aliphatic carbocycles. The molecule has 0 unspecified atom stereocenters. The Balaban J connectivity index is 1.92. The molecular weight excluding hydrogens is 391 g/mol. The van der Waals surface area contributed by atoms with Gasteiger partial charge in [-0.2, -0.15) is 0 Å². The molecule has 1 aromatic heterocycles. The van der Waals surface area contributed by atoms with E-state index in [1.54, 1.807) is 0 Å². The molecule has 5 rings (SSSR count). The van der Waals surface area contributed by atoms with Crippen LogP contribution in [-0.2, 0) is 16.2 Å². The summed E-state index contributed by atoms with van der Waals surface area (Å²) in [5.74, 6) is 1.85. The number of fused-ring (bicyclic) bond motifs is 8. The Morgan fingerprint density at radius 3 is 2.31 bits per heavy atom. The van der Waals surface area contributed by atoms with Gasteiger partial charge >= 0.3 is 7.05 Å². The van der Waals surface area contributed by atoms with Crippen molar-refractivity contribution in [2.45, 2.75) is 71.6 Å². The van der Waals surface area contributed by atoms with Gasteiger partial charge in [0.15, 0.2) is 0 Å². The molecule has 0 N–H and O–H groups in total.